The van der Waals surface area contributed by atoms with Gasteiger partial charge >= 0.3 is 0 Å². The molecule has 3 nitrogen and oxygen atoms in total. The number of aryl methyl sites for hydroxylation is 2. The predicted molar refractivity (Wildman–Crippen MR) is 84.0 cm³/mol. The molecule has 0 aliphatic carbocycles. The second-order valence-electron chi connectivity index (χ2n) is 6.23. The lowest BCUT2D eigenvalue weighted by atomic mass is 9.99. The van der Waals surface area contributed by atoms with Crippen LogP contribution in [0.5, 0.6) is 0 Å². The van der Waals surface area contributed by atoms with Gasteiger partial charge in [0, 0.05) is 12.2 Å². The average Bonchev–Trinajstić information content (AvgIpc) is 2.41. The van der Waals surface area contributed by atoms with E-state index in [1.54, 1.807) is 0 Å². The lowest BCUT2D eigenvalue weighted by molar-refractivity contribution is -0.121. The van der Waals surface area contributed by atoms with Crippen molar-refractivity contribution in [3.63, 3.8) is 0 Å². The van der Waals surface area contributed by atoms with E-state index in [2.05, 4.69) is 30.1 Å². The Labute approximate surface area is 122 Å². The topological polar surface area (TPSA) is 32.3 Å². The van der Waals surface area contributed by atoms with E-state index < -0.39 is 0 Å². The van der Waals surface area contributed by atoms with Crippen molar-refractivity contribution in [2.75, 3.05) is 18.4 Å². The van der Waals surface area contributed by atoms with Gasteiger partial charge in [-0.15, -0.1) is 0 Å². The summed E-state index contributed by atoms with van der Waals surface area (Å²) in [6.45, 7) is 10.4. The SMILES string of the molecule is Cc1ccc(NC(=O)[C@@H](C)N2CCC[C@H](C)C2)c(C)c1. The summed E-state index contributed by atoms with van der Waals surface area (Å²) in [5.74, 6) is 0.797. The first kappa shape index (κ1) is 15.0. The van der Waals surface area contributed by atoms with Gasteiger partial charge in [-0.2, -0.15) is 0 Å². The molecule has 1 aliphatic rings. The van der Waals surface area contributed by atoms with E-state index in [-0.39, 0.29) is 11.9 Å². The van der Waals surface area contributed by atoms with Gasteiger partial charge in [-0.1, -0.05) is 24.6 Å². The van der Waals surface area contributed by atoms with Gasteiger partial charge in [0.05, 0.1) is 6.04 Å². The van der Waals surface area contributed by atoms with Crippen LogP contribution in [0, 0.1) is 19.8 Å². The first-order valence-electron chi connectivity index (χ1n) is 7.59. The van der Waals surface area contributed by atoms with E-state index in [9.17, 15) is 4.79 Å². The van der Waals surface area contributed by atoms with Crippen molar-refractivity contribution in [2.24, 2.45) is 5.92 Å². The Morgan fingerprint density at radius 1 is 1.40 bits per heavy atom. The normalized spacial score (nSPS) is 21.5. The van der Waals surface area contributed by atoms with E-state index in [1.165, 1.54) is 18.4 Å². The molecule has 0 saturated carbocycles. The minimum Gasteiger partial charge on any atom is -0.324 e. The second kappa shape index (κ2) is 6.40. The van der Waals surface area contributed by atoms with Crippen molar-refractivity contribution >= 4 is 11.6 Å². The van der Waals surface area contributed by atoms with Crippen LogP contribution in [0.3, 0.4) is 0 Å². The Balaban J connectivity index is 2.00. The van der Waals surface area contributed by atoms with Crippen LogP contribution >= 0.6 is 0 Å². The van der Waals surface area contributed by atoms with Gasteiger partial charge in [0.2, 0.25) is 5.91 Å². The molecule has 0 radical (unpaired) electrons. The molecular weight excluding hydrogens is 248 g/mol. The zero-order valence-electron chi connectivity index (χ0n) is 13.1. The summed E-state index contributed by atoms with van der Waals surface area (Å²) < 4.78 is 0. The number of nitrogens with one attached hydrogen (secondary N) is 1. The smallest absolute Gasteiger partial charge is 0.241 e. The summed E-state index contributed by atoms with van der Waals surface area (Å²) >= 11 is 0. The van der Waals surface area contributed by atoms with Crippen molar-refractivity contribution in [3.05, 3.63) is 29.3 Å². The van der Waals surface area contributed by atoms with Crippen LogP contribution in [0.4, 0.5) is 5.69 Å². The van der Waals surface area contributed by atoms with Gasteiger partial charge in [0.15, 0.2) is 0 Å². The zero-order chi connectivity index (χ0) is 14.7. The van der Waals surface area contributed by atoms with E-state index >= 15 is 0 Å². The summed E-state index contributed by atoms with van der Waals surface area (Å²) in [6.07, 6.45) is 2.48. The molecule has 1 heterocycles. The van der Waals surface area contributed by atoms with E-state index in [1.807, 2.05) is 26.0 Å². The Morgan fingerprint density at radius 3 is 2.80 bits per heavy atom. The van der Waals surface area contributed by atoms with Crippen LogP contribution in [0.25, 0.3) is 0 Å². The molecule has 1 aromatic carbocycles. The number of carbonyl (C=O) groups excluding carboxylic acids is 1. The molecule has 1 aliphatic heterocycles. The number of piperidine rings is 1. The summed E-state index contributed by atoms with van der Waals surface area (Å²) in [5.41, 5.74) is 3.27. The monoisotopic (exact) mass is 274 g/mol. The zero-order valence-corrected chi connectivity index (χ0v) is 13.1. The van der Waals surface area contributed by atoms with Gasteiger partial charge in [-0.3, -0.25) is 9.69 Å². The Kier molecular flexibility index (Phi) is 4.81. The molecule has 0 unspecified atom stereocenters. The Morgan fingerprint density at radius 2 is 2.15 bits per heavy atom. The quantitative estimate of drug-likeness (QED) is 0.916. The van der Waals surface area contributed by atoms with E-state index in [0.717, 1.165) is 24.3 Å². The molecule has 1 amide bonds. The lowest BCUT2D eigenvalue weighted by Gasteiger charge is -2.34. The van der Waals surface area contributed by atoms with E-state index in [0.29, 0.717) is 5.92 Å². The second-order valence-corrected chi connectivity index (χ2v) is 6.23. The molecule has 2 atom stereocenters. The van der Waals surface area contributed by atoms with E-state index in [4.69, 9.17) is 0 Å². The summed E-state index contributed by atoms with van der Waals surface area (Å²) in [7, 11) is 0. The van der Waals surface area contributed by atoms with Crippen LogP contribution in [0.15, 0.2) is 18.2 Å². The number of carbonyl (C=O) groups is 1. The van der Waals surface area contributed by atoms with Gasteiger partial charge in [-0.25, -0.2) is 0 Å². The summed E-state index contributed by atoms with van der Waals surface area (Å²) in [5, 5.41) is 3.07. The fourth-order valence-electron chi connectivity index (χ4n) is 2.93. The number of likely N-dealkylation sites (tertiary alicyclic amines) is 1. The number of hydrogen-bond acceptors (Lipinski definition) is 2. The minimum atomic E-state index is -0.0570. The van der Waals surface area contributed by atoms with Crippen molar-refractivity contribution in [2.45, 2.75) is 46.6 Å². The number of rotatable bonds is 3. The first-order valence-corrected chi connectivity index (χ1v) is 7.59. The van der Waals surface area contributed by atoms with Crippen LogP contribution in [-0.2, 0) is 4.79 Å². The maximum atomic E-state index is 12.4. The highest BCUT2D eigenvalue weighted by Gasteiger charge is 2.25. The molecule has 1 fully saturated rings. The molecule has 2 rings (SSSR count). The predicted octanol–water partition coefficient (Wildman–Crippen LogP) is 3.36. The number of hydrogen-bond donors (Lipinski definition) is 1. The maximum Gasteiger partial charge on any atom is 0.241 e. The molecule has 0 spiro atoms. The van der Waals surface area contributed by atoms with Crippen LogP contribution in [0.2, 0.25) is 0 Å². The number of amides is 1. The van der Waals surface area contributed by atoms with Crippen LogP contribution < -0.4 is 5.32 Å². The summed E-state index contributed by atoms with van der Waals surface area (Å²) in [6, 6.07) is 6.08. The van der Waals surface area contributed by atoms with Crippen LogP contribution in [0.1, 0.15) is 37.8 Å². The lowest BCUT2D eigenvalue weighted by Crippen LogP contribution is -2.46. The van der Waals surface area contributed by atoms with Crippen molar-refractivity contribution in [1.29, 1.82) is 0 Å². The van der Waals surface area contributed by atoms with Crippen molar-refractivity contribution in [3.8, 4) is 0 Å². The molecule has 0 bridgehead atoms. The number of benzene rings is 1. The average molecular weight is 274 g/mol. The molecule has 1 saturated heterocycles. The first-order chi connectivity index (χ1) is 9.47. The Bertz CT molecular complexity index is 484. The Hall–Kier alpha value is -1.35. The van der Waals surface area contributed by atoms with Gasteiger partial charge in [-0.05, 0) is 57.7 Å². The maximum absolute atomic E-state index is 12.4. The third-order valence-electron chi connectivity index (χ3n) is 4.26. The third kappa shape index (κ3) is 3.60. The molecule has 0 aromatic heterocycles. The molecule has 3 heteroatoms. The standard InChI is InChI=1S/C17H26N2O/c1-12-7-8-16(14(3)10-12)18-17(20)15(4)19-9-5-6-13(2)11-19/h7-8,10,13,15H,5-6,9,11H2,1-4H3,(H,18,20)/t13-,15+/m0/s1. The van der Waals surface area contributed by atoms with Crippen molar-refractivity contribution in [1.82, 2.24) is 4.90 Å². The highest BCUT2D eigenvalue weighted by Crippen LogP contribution is 2.20. The highest BCUT2D eigenvalue weighted by atomic mass is 16.2. The van der Waals surface area contributed by atoms with Crippen molar-refractivity contribution < 1.29 is 4.79 Å². The largest absolute Gasteiger partial charge is 0.324 e. The number of anilines is 1. The highest BCUT2D eigenvalue weighted by molar-refractivity contribution is 5.95. The molecule has 110 valence electrons. The number of nitrogens with zero attached hydrogens (tertiary/aromatic N) is 1. The fraction of sp³-hybridized carbons (Fsp3) is 0.588. The van der Waals surface area contributed by atoms with Gasteiger partial charge in [0.1, 0.15) is 0 Å². The van der Waals surface area contributed by atoms with Gasteiger partial charge < -0.3 is 5.32 Å². The fourth-order valence-corrected chi connectivity index (χ4v) is 2.93. The third-order valence-corrected chi connectivity index (χ3v) is 4.26. The molecule has 1 aromatic rings. The van der Waals surface area contributed by atoms with Gasteiger partial charge in [0.25, 0.3) is 0 Å². The molecular formula is C17H26N2O. The minimum absolute atomic E-state index is 0.0570. The summed E-state index contributed by atoms with van der Waals surface area (Å²) in [4.78, 5) is 14.7. The molecule has 20 heavy (non-hydrogen) atoms. The molecule has 1 N–H and O–H groups in total. The van der Waals surface area contributed by atoms with Crippen LogP contribution in [-0.4, -0.2) is 29.9 Å².